The van der Waals surface area contributed by atoms with Gasteiger partial charge in [0.05, 0.1) is 11.2 Å². The van der Waals surface area contributed by atoms with Crippen molar-refractivity contribution < 1.29 is 0 Å². The molecule has 0 aliphatic heterocycles. The van der Waals surface area contributed by atoms with E-state index in [1.54, 1.807) is 0 Å². The fourth-order valence-corrected chi connectivity index (χ4v) is 8.60. The van der Waals surface area contributed by atoms with Crippen LogP contribution in [0, 0.1) is 0 Å². The highest BCUT2D eigenvalue weighted by Crippen LogP contribution is 2.50. The van der Waals surface area contributed by atoms with Gasteiger partial charge in [-0.05, 0) is 28.3 Å². The van der Waals surface area contributed by atoms with E-state index in [0.29, 0.717) is 17.5 Å². The van der Waals surface area contributed by atoms with Gasteiger partial charge in [0.2, 0.25) is 0 Å². The molecule has 0 amide bonds. The van der Waals surface area contributed by atoms with E-state index in [4.69, 9.17) is 19.9 Å². The molecule has 0 fully saturated rings. The summed E-state index contributed by atoms with van der Waals surface area (Å²) < 4.78 is 1.23. The number of thiophene rings is 1. The van der Waals surface area contributed by atoms with Crippen LogP contribution in [0.3, 0.4) is 0 Å². The van der Waals surface area contributed by atoms with Crippen LogP contribution in [-0.2, 0) is 0 Å². The standard InChI is InChI=1S/C50H32N4S/c1-5-15-33(16-6-1)34-25-29-39(30-26-34)49-52-48(38-21-11-4-12-22-38)53-50(54-49)40-31-27-36(28-32-40)45-44-43(35-17-7-2-8-18-35)46(37-19-9-3-10-20-37)55-47(44)41-23-13-14-24-42(41)51-45/h1-32H. The molecule has 3 heterocycles. The van der Waals surface area contributed by atoms with Gasteiger partial charge in [0.25, 0.3) is 0 Å². The number of aromatic nitrogens is 4. The zero-order valence-corrected chi connectivity index (χ0v) is 30.5. The highest BCUT2D eigenvalue weighted by Gasteiger charge is 2.23. The van der Waals surface area contributed by atoms with Crippen molar-refractivity contribution in [1.29, 1.82) is 0 Å². The van der Waals surface area contributed by atoms with Crippen molar-refractivity contribution in [3.8, 4) is 78.1 Å². The highest BCUT2D eigenvalue weighted by atomic mass is 32.1. The van der Waals surface area contributed by atoms with Gasteiger partial charge in [-0.25, -0.2) is 19.9 Å². The fourth-order valence-electron chi connectivity index (χ4n) is 7.24. The zero-order valence-electron chi connectivity index (χ0n) is 29.7. The van der Waals surface area contributed by atoms with E-state index >= 15 is 0 Å². The van der Waals surface area contributed by atoms with E-state index in [1.807, 2.05) is 47.7 Å². The third kappa shape index (κ3) is 6.17. The number of benzene rings is 7. The van der Waals surface area contributed by atoms with Gasteiger partial charge in [0.15, 0.2) is 17.5 Å². The second-order valence-corrected chi connectivity index (χ2v) is 14.4. The van der Waals surface area contributed by atoms with Crippen LogP contribution in [0.5, 0.6) is 0 Å². The second kappa shape index (κ2) is 14.0. The molecule has 10 aromatic rings. The lowest BCUT2D eigenvalue weighted by molar-refractivity contribution is 1.07. The third-order valence-electron chi connectivity index (χ3n) is 9.96. The van der Waals surface area contributed by atoms with Gasteiger partial charge >= 0.3 is 0 Å². The van der Waals surface area contributed by atoms with E-state index in [-0.39, 0.29) is 0 Å². The van der Waals surface area contributed by atoms with Gasteiger partial charge in [-0.3, -0.25) is 0 Å². The molecule has 0 bridgehead atoms. The molecule has 0 atom stereocenters. The average Bonchev–Trinajstić information content (AvgIpc) is 3.69. The number of pyridine rings is 1. The predicted octanol–water partition coefficient (Wildman–Crippen LogP) is 13.3. The predicted molar refractivity (Wildman–Crippen MR) is 229 cm³/mol. The topological polar surface area (TPSA) is 51.6 Å². The lowest BCUT2D eigenvalue weighted by atomic mass is 9.94. The van der Waals surface area contributed by atoms with E-state index in [0.717, 1.165) is 49.8 Å². The van der Waals surface area contributed by atoms with Gasteiger partial charge in [-0.2, -0.15) is 0 Å². The molecular formula is C50H32N4S. The Hall–Kier alpha value is -7.08. The molecule has 0 unspecified atom stereocenters. The maximum atomic E-state index is 5.37. The first kappa shape index (κ1) is 32.6. The summed E-state index contributed by atoms with van der Waals surface area (Å²) in [6, 6.07) is 67.3. The molecule has 0 spiro atoms. The summed E-state index contributed by atoms with van der Waals surface area (Å²) in [7, 11) is 0. The number of hydrogen-bond acceptors (Lipinski definition) is 5. The third-order valence-corrected chi connectivity index (χ3v) is 11.2. The summed E-state index contributed by atoms with van der Waals surface area (Å²) >= 11 is 1.84. The monoisotopic (exact) mass is 720 g/mol. The molecule has 0 aliphatic carbocycles. The first-order chi connectivity index (χ1) is 27.3. The first-order valence-corrected chi connectivity index (χ1v) is 19.1. The highest BCUT2D eigenvalue weighted by molar-refractivity contribution is 7.24. The molecule has 7 aromatic carbocycles. The summed E-state index contributed by atoms with van der Waals surface area (Å²) in [4.78, 5) is 21.6. The Bertz CT molecular complexity index is 2930. The van der Waals surface area contributed by atoms with Crippen molar-refractivity contribution in [3.63, 3.8) is 0 Å². The van der Waals surface area contributed by atoms with E-state index < -0.39 is 0 Å². The minimum atomic E-state index is 0.617. The quantitative estimate of drug-likeness (QED) is 0.164. The first-order valence-electron chi connectivity index (χ1n) is 18.3. The molecule has 0 saturated carbocycles. The number of para-hydroxylation sites is 1. The van der Waals surface area contributed by atoms with Gasteiger partial charge in [-0.15, -0.1) is 11.3 Å². The molecule has 4 nitrogen and oxygen atoms in total. The molecule has 0 N–H and O–H groups in total. The van der Waals surface area contributed by atoms with Crippen molar-refractivity contribution in [3.05, 3.63) is 194 Å². The number of rotatable bonds is 7. The van der Waals surface area contributed by atoms with E-state index in [1.165, 1.54) is 31.8 Å². The van der Waals surface area contributed by atoms with Crippen LogP contribution in [0.15, 0.2) is 194 Å². The average molecular weight is 721 g/mol. The summed E-state index contributed by atoms with van der Waals surface area (Å²) in [5.74, 6) is 1.88. The SMILES string of the molecule is c1ccc(-c2ccc(-c3nc(-c4ccccc4)nc(-c4ccc(-c5nc6ccccc6c6sc(-c7ccccc7)c(-c7ccccc7)c56)cc4)n3)cc2)cc1. The van der Waals surface area contributed by atoms with Gasteiger partial charge in [0, 0.05) is 48.2 Å². The van der Waals surface area contributed by atoms with Gasteiger partial charge in [0.1, 0.15) is 0 Å². The summed E-state index contributed by atoms with van der Waals surface area (Å²) in [5.41, 5.74) is 11.6. The Morgan fingerprint density at radius 2 is 0.709 bits per heavy atom. The number of nitrogens with zero attached hydrogens (tertiary/aromatic N) is 4. The van der Waals surface area contributed by atoms with Crippen molar-refractivity contribution in [2.45, 2.75) is 0 Å². The van der Waals surface area contributed by atoms with Crippen LogP contribution < -0.4 is 0 Å². The summed E-state index contributed by atoms with van der Waals surface area (Å²) in [5, 5.41) is 2.32. The molecule has 3 aromatic heterocycles. The maximum Gasteiger partial charge on any atom is 0.164 e. The normalized spacial score (nSPS) is 11.3. The largest absolute Gasteiger partial charge is 0.247 e. The molecule has 0 radical (unpaired) electrons. The minimum Gasteiger partial charge on any atom is -0.247 e. The minimum absolute atomic E-state index is 0.617. The second-order valence-electron chi connectivity index (χ2n) is 13.4. The van der Waals surface area contributed by atoms with Crippen molar-refractivity contribution in [1.82, 2.24) is 19.9 Å². The zero-order chi connectivity index (χ0) is 36.6. The molecule has 0 saturated heterocycles. The Kier molecular flexibility index (Phi) is 8.32. The lowest BCUT2D eigenvalue weighted by Gasteiger charge is -2.12. The number of fused-ring (bicyclic) bond motifs is 3. The molecular weight excluding hydrogens is 689 g/mol. The molecule has 258 valence electrons. The Morgan fingerprint density at radius 3 is 1.27 bits per heavy atom. The van der Waals surface area contributed by atoms with Gasteiger partial charge < -0.3 is 0 Å². The van der Waals surface area contributed by atoms with Crippen LogP contribution in [0.1, 0.15) is 0 Å². The summed E-state index contributed by atoms with van der Waals surface area (Å²) in [6.07, 6.45) is 0. The van der Waals surface area contributed by atoms with Crippen LogP contribution >= 0.6 is 11.3 Å². The van der Waals surface area contributed by atoms with Gasteiger partial charge in [-0.1, -0.05) is 188 Å². The van der Waals surface area contributed by atoms with E-state index in [2.05, 4.69) is 158 Å². The molecule has 0 aliphatic rings. The van der Waals surface area contributed by atoms with Crippen LogP contribution in [0.4, 0.5) is 0 Å². The Balaban J connectivity index is 1.12. The van der Waals surface area contributed by atoms with Crippen molar-refractivity contribution >= 4 is 32.3 Å². The lowest BCUT2D eigenvalue weighted by Crippen LogP contribution is -2.00. The molecule has 5 heteroatoms. The molecule has 10 rings (SSSR count). The van der Waals surface area contributed by atoms with Crippen molar-refractivity contribution in [2.75, 3.05) is 0 Å². The summed E-state index contributed by atoms with van der Waals surface area (Å²) in [6.45, 7) is 0. The smallest absolute Gasteiger partial charge is 0.164 e. The maximum absolute atomic E-state index is 5.37. The Labute approximate surface area is 323 Å². The van der Waals surface area contributed by atoms with Crippen LogP contribution in [-0.4, -0.2) is 19.9 Å². The Morgan fingerprint density at radius 1 is 0.309 bits per heavy atom. The van der Waals surface area contributed by atoms with Crippen LogP contribution in [0.2, 0.25) is 0 Å². The van der Waals surface area contributed by atoms with Crippen LogP contribution in [0.25, 0.3) is 99.1 Å². The van der Waals surface area contributed by atoms with Crippen molar-refractivity contribution in [2.24, 2.45) is 0 Å². The fraction of sp³-hybridized carbons (Fsp3) is 0. The molecule has 55 heavy (non-hydrogen) atoms. The van der Waals surface area contributed by atoms with E-state index in [9.17, 15) is 0 Å². The number of hydrogen-bond donors (Lipinski definition) is 0.